The highest BCUT2D eigenvalue weighted by molar-refractivity contribution is 5.87. The number of para-hydroxylation sites is 1. The molecule has 150 valence electrons. The van der Waals surface area contributed by atoms with Gasteiger partial charge in [0.15, 0.2) is 0 Å². The van der Waals surface area contributed by atoms with E-state index in [9.17, 15) is 9.18 Å². The van der Waals surface area contributed by atoms with Gasteiger partial charge in [-0.15, -0.1) is 0 Å². The van der Waals surface area contributed by atoms with Crippen LogP contribution in [0.25, 0.3) is 16.9 Å². The van der Waals surface area contributed by atoms with E-state index in [1.54, 1.807) is 36.4 Å². The number of nitrogens with one attached hydrogen (secondary N) is 1. The number of aromatic carboxylic acids is 1. The van der Waals surface area contributed by atoms with Gasteiger partial charge in [0.2, 0.25) is 0 Å². The van der Waals surface area contributed by atoms with Crippen LogP contribution in [0.15, 0.2) is 85.1 Å². The molecule has 4 rings (SSSR count). The Morgan fingerprint density at radius 3 is 2.30 bits per heavy atom. The number of halogens is 1. The van der Waals surface area contributed by atoms with Crippen LogP contribution in [0, 0.1) is 5.82 Å². The Hall–Kier alpha value is -3.77. The number of hydrogen-bond donors (Lipinski definition) is 2. The van der Waals surface area contributed by atoms with Crippen LogP contribution < -0.4 is 5.32 Å². The molecule has 0 aliphatic rings. The lowest BCUT2D eigenvalue weighted by atomic mass is 10.1. The number of carboxylic acids is 1. The summed E-state index contributed by atoms with van der Waals surface area (Å²) in [7, 11) is 0. The molecule has 0 saturated heterocycles. The van der Waals surface area contributed by atoms with Crippen molar-refractivity contribution in [3.05, 3.63) is 108 Å². The van der Waals surface area contributed by atoms with Crippen molar-refractivity contribution in [3.63, 3.8) is 0 Å². The summed E-state index contributed by atoms with van der Waals surface area (Å²) in [4.78, 5) is 11.0. The van der Waals surface area contributed by atoms with Gasteiger partial charge in [0.25, 0.3) is 0 Å². The summed E-state index contributed by atoms with van der Waals surface area (Å²) < 4.78 is 15.2. The molecule has 0 unspecified atom stereocenters. The average molecular weight is 401 g/mol. The molecule has 0 radical (unpaired) electrons. The second-order valence-electron chi connectivity index (χ2n) is 6.90. The van der Waals surface area contributed by atoms with Gasteiger partial charge in [0.05, 0.1) is 16.9 Å². The third-order valence-corrected chi connectivity index (χ3v) is 4.77. The van der Waals surface area contributed by atoms with Crippen molar-refractivity contribution >= 4 is 5.97 Å². The maximum atomic E-state index is 13.4. The van der Waals surface area contributed by atoms with E-state index in [-0.39, 0.29) is 11.4 Å². The molecular formula is C24H20FN3O2. The maximum absolute atomic E-state index is 13.4. The average Bonchev–Trinajstić information content (AvgIpc) is 3.19. The Morgan fingerprint density at radius 1 is 0.933 bits per heavy atom. The molecule has 0 aliphatic heterocycles. The number of benzene rings is 3. The molecule has 1 heterocycles. The maximum Gasteiger partial charge on any atom is 0.335 e. The molecule has 0 amide bonds. The van der Waals surface area contributed by atoms with Crippen LogP contribution in [0.1, 0.15) is 21.5 Å². The second-order valence-corrected chi connectivity index (χ2v) is 6.90. The molecule has 0 saturated carbocycles. The highest BCUT2D eigenvalue weighted by Gasteiger charge is 2.12. The van der Waals surface area contributed by atoms with Crippen LogP contribution in [-0.4, -0.2) is 20.9 Å². The highest BCUT2D eigenvalue weighted by Crippen LogP contribution is 2.24. The minimum absolute atomic E-state index is 0.265. The van der Waals surface area contributed by atoms with E-state index in [0.29, 0.717) is 13.1 Å². The van der Waals surface area contributed by atoms with Crippen molar-refractivity contribution in [2.75, 3.05) is 0 Å². The van der Waals surface area contributed by atoms with Gasteiger partial charge >= 0.3 is 5.97 Å². The first-order valence-corrected chi connectivity index (χ1v) is 9.53. The first-order chi connectivity index (χ1) is 14.6. The topological polar surface area (TPSA) is 67.2 Å². The fraction of sp³-hybridized carbons (Fsp3) is 0.0833. The van der Waals surface area contributed by atoms with Gasteiger partial charge in [-0.3, -0.25) is 0 Å². The van der Waals surface area contributed by atoms with Gasteiger partial charge in [0, 0.05) is 30.4 Å². The van der Waals surface area contributed by atoms with Gasteiger partial charge in [-0.2, -0.15) is 5.10 Å². The SMILES string of the molecule is O=C(O)c1ccc(CNCc2cn(-c3ccccc3)nc2-c2ccc(F)cc2)cc1. The number of aromatic nitrogens is 2. The lowest BCUT2D eigenvalue weighted by molar-refractivity contribution is 0.0697. The summed E-state index contributed by atoms with van der Waals surface area (Å²) >= 11 is 0. The van der Waals surface area contributed by atoms with Crippen molar-refractivity contribution < 1.29 is 14.3 Å². The Kier molecular flexibility index (Phi) is 5.68. The normalized spacial score (nSPS) is 10.8. The second kappa shape index (κ2) is 8.71. The third kappa shape index (κ3) is 4.45. The number of carbonyl (C=O) groups is 1. The van der Waals surface area contributed by atoms with Crippen molar-refractivity contribution in [3.8, 4) is 16.9 Å². The minimum Gasteiger partial charge on any atom is -0.478 e. The quantitative estimate of drug-likeness (QED) is 0.472. The van der Waals surface area contributed by atoms with Gasteiger partial charge in [-0.05, 0) is 54.1 Å². The van der Waals surface area contributed by atoms with Crippen LogP contribution in [0.4, 0.5) is 4.39 Å². The van der Waals surface area contributed by atoms with Crippen molar-refractivity contribution in [1.29, 1.82) is 0 Å². The fourth-order valence-electron chi connectivity index (χ4n) is 3.21. The van der Waals surface area contributed by atoms with E-state index in [1.165, 1.54) is 12.1 Å². The highest BCUT2D eigenvalue weighted by atomic mass is 19.1. The molecule has 0 aliphatic carbocycles. The predicted octanol–water partition coefficient (Wildman–Crippen LogP) is 4.67. The van der Waals surface area contributed by atoms with E-state index >= 15 is 0 Å². The van der Waals surface area contributed by atoms with Crippen molar-refractivity contribution in [2.24, 2.45) is 0 Å². The van der Waals surface area contributed by atoms with E-state index in [0.717, 1.165) is 28.1 Å². The van der Waals surface area contributed by atoms with Crippen LogP contribution in [0.2, 0.25) is 0 Å². The molecule has 0 spiro atoms. The van der Waals surface area contributed by atoms with E-state index < -0.39 is 5.97 Å². The Balaban J connectivity index is 1.55. The van der Waals surface area contributed by atoms with Crippen LogP contribution in [0.5, 0.6) is 0 Å². The van der Waals surface area contributed by atoms with Gasteiger partial charge in [-0.25, -0.2) is 13.9 Å². The lowest BCUT2D eigenvalue weighted by Gasteiger charge is -2.06. The molecule has 3 aromatic carbocycles. The molecule has 0 fully saturated rings. The zero-order chi connectivity index (χ0) is 20.9. The molecule has 30 heavy (non-hydrogen) atoms. The van der Waals surface area contributed by atoms with Gasteiger partial charge in [-0.1, -0.05) is 30.3 Å². The lowest BCUT2D eigenvalue weighted by Crippen LogP contribution is -2.13. The van der Waals surface area contributed by atoms with Crippen molar-refractivity contribution in [1.82, 2.24) is 15.1 Å². The van der Waals surface area contributed by atoms with Gasteiger partial charge < -0.3 is 10.4 Å². The number of rotatable bonds is 7. The third-order valence-electron chi connectivity index (χ3n) is 4.77. The van der Waals surface area contributed by atoms with Crippen LogP contribution in [0.3, 0.4) is 0 Å². The number of hydrogen-bond acceptors (Lipinski definition) is 3. The molecule has 5 nitrogen and oxygen atoms in total. The number of carboxylic acid groups (broad SMARTS) is 1. The van der Waals surface area contributed by atoms with Crippen LogP contribution in [-0.2, 0) is 13.1 Å². The first kappa shape index (κ1) is 19.5. The molecule has 0 atom stereocenters. The Morgan fingerprint density at radius 2 is 1.63 bits per heavy atom. The predicted molar refractivity (Wildman–Crippen MR) is 113 cm³/mol. The standard InChI is InChI=1S/C24H20FN3O2/c25-21-12-10-18(11-13-21)23-20(16-28(27-23)22-4-2-1-3-5-22)15-26-14-17-6-8-19(9-7-17)24(29)30/h1-13,16,26H,14-15H2,(H,29,30). The largest absolute Gasteiger partial charge is 0.478 e. The molecule has 2 N–H and O–H groups in total. The molecule has 0 bridgehead atoms. The molecule has 4 aromatic rings. The summed E-state index contributed by atoms with van der Waals surface area (Å²) in [5.74, 6) is -1.22. The summed E-state index contributed by atoms with van der Waals surface area (Å²) in [6, 6.07) is 22.9. The van der Waals surface area contributed by atoms with Gasteiger partial charge in [0.1, 0.15) is 5.82 Å². The van der Waals surface area contributed by atoms with Crippen molar-refractivity contribution in [2.45, 2.75) is 13.1 Å². The summed E-state index contributed by atoms with van der Waals surface area (Å²) in [6.07, 6.45) is 1.97. The smallest absolute Gasteiger partial charge is 0.335 e. The molecule has 1 aromatic heterocycles. The molecular weight excluding hydrogens is 381 g/mol. The monoisotopic (exact) mass is 401 g/mol. The number of nitrogens with zero attached hydrogens (tertiary/aromatic N) is 2. The summed E-state index contributed by atoms with van der Waals surface area (Å²) in [6.45, 7) is 1.14. The Bertz CT molecular complexity index is 1140. The van der Waals surface area contributed by atoms with E-state index in [4.69, 9.17) is 10.2 Å². The fourth-order valence-corrected chi connectivity index (χ4v) is 3.21. The van der Waals surface area contributed by atoms with Crippen LogP contribution >= 0.6 is 0 Å². The van der Waals surface area contributed by atoms with E-state index in [1.807, 2.05) is 41.2 Å². The molecule has 6 heteroatoms. The minimum atomic E-state index is -0.938. The summed E-state index contributed by atoms with van der Waals surface area (Å²) in [5, 5.41) is 17.1. The summed E-state index contributed by atoms with van der Waals surface area (Å²) in [5.41, 5.74) is 4.80. The van der Waals surface area contributed by atoms with E-state index in [2.05, 4.69) is 5.32 Å². The Labute approximate surface area is 173 Å². The first-order valence-electron chi connectivity index (χ1n) is 9.53. The zero-order valence-corrected chi connectivity index (χ0v) is 16.1. The zero-order valence-electron chi connectivity index (χ0n) is 16.1.